The van der Waals surface area contributed by atoms with Crippen molar-refractivity contribution in [3.05, 3.63) is 266 Å². The molecule has 0 bridgehead atoms. The van der Waals surface area contributed by atoms with Gasteiger partial charge < -0.3 is 82.8 Å². The molecule has 0 unspecified atom stereocenters. The van der Waals surface area contributed by atoms with Crippen LogP contribution in [0.4, 0.5) is 83.9 Å². The van der Waals surface area contributed by atoms with Gasteiger partial charge in [-0.2, -0.15) is 0 Å². The van der Waals surface area contributed by atoms with Crippen LogP contribution in [0.15, 0.2) is 192 Å². The van der Waals surface area contributed by atoms with E-state index in [1.165, 1.54) is 56.8 Å². The number of hydrogen-bond acceptors (Lipinski definition) is 31. The number of aryl methyl sites for hydroxylation is 6. The molecular formula is C84H72F6N40O6. The zero-order valence-corrected chi connectivity index (χ0v) is 72.1. The topological polar surface area (TPSA) is 589 Å². The van der Waals surface area contributed by atoms with Gasteiger partial charge in [0.15, 0.2) is 92.2 Å². The van der Waals surface area contributed by atoms with Gasteiger partial charge in [-0.15, -0.1) is 25.5 Å². The number of anilines is 10. The first-order valence-corrected chi connectivity index (χ1v) is 39.9. The van der Waals surface area contributed by atoms with Crippen LogP contribution in [-0.4, -0.2) is 182 Å². The number of carbonyl (C=O) groups is 5. The number of amides is 5. The number of carbonyl (C=O) groups excluding carboxylic acids is 5. The molecule has 52 heteroatoms. The van der Waals surface area contributed by atoms with Crippen molar-refractivity contribution in [1.82, 2.24) is 146 Å². The van der Waals surface area contributed by atoms with Crippen molar-refractivity contribution in [3.8, 4) is 62.0 Å². The highest BCUT2D eigenvalue weighted by Crippen LogP contribution is 2.39. The van der Waals surface area contributed by atoms with Gasteiger partial charge in [-0.25, -0.2) is 98.8 Å². The summed E-state index contributed by atoms with van der Waals surface area (Å²) in [6.45, 7) is 6.48. The molecule has 0 saturated heterocycles. The van der Waals surface area contributed by atoms with Crippen LogP contribution in [0.3, 0.4) is 0 Å². The molecule has 20 rings (SSSR count). The number of fused-ring (bicyclic) bond motifs is 5. The second kappa shape index (κ2) is 37.7. The molecule has 46 nitrogen and oxygen atoms in total. The van der Waals surface area contributed by atoms with E-state index >= 15 is 0 Å². The predicted molar refractivity (Wildman–Crippen MR) is 479 cm³/mol. The molecule has 0 saturated carbocycles. The third-order valence-electron chi connectivity index (χ3n) is 20.6. The Morgan fingerprint density at radius 1 is 0.353 bits per heavy atom. The van der Waals surface area contributed by atoms with E-state index < -0.39 is 64.4 Å². The molecule has 15 N–H and O–H groups in total. The monoisotopic (exact) mass is 1850 g/mol. The lowest BCUT2D eigenvalue weighted by molar-refractivity contribution is 0.102. The minimum absolute atomic E-state index is 0.0266. The number of nitrogen functional groups attached to an aromatic ring is 5. The summed E-state index contributed by atoms with van der Waals surface area (Å²) in [4.78, 5) is 125. The third kappa shape index (κ3) is 18.0. The average molecular weight is 1850 g/mol. The Balaban J connectivity index is 0.000000123. The maximum Gasteiger partial charge on any atom is 0.263 e. The molecule has 136 heavy (non-hydrogen) atoms. The minimum Gasteiger partial charge on any atom is -0.494 e. The number of methoxy groups -OCH3 is 1. The standard InChI is InChI=1S/C17H15FN8O2.3C17H15FN8O.C16H12F2N8O/c1-25-8-21-5-11(25)13-10(4-20-6-12(13)28-2)23-17(27)14-15(19)24-26-7-9(18)3-22-16(14)26;1-9-21-7-13(25(9)2)11-3-4-20-6-12(11)23-17(27)14-15(19)24-26-8-10(18)5-22-16(14)26;1-9-14(25(2)8-22-9)11-3-4-20-6-12(11)23-17(27)13-15(19)24-26-7-10(18)5-21-16(13)26;1-2-25-9-21-7-13(25)11-3-4-20-6-12(11)23-17(27)14-15(19)24-26-8-10(18)5-22-16(14)26;1-25-7-21-5-11(25)12-9(18)3-20-4-10(12)23-16(27)13-14(19)24-26-6-8(17)2-22-15(13)26/h3-8H,1-2H3,(H2,19,24)(H,23,27);2*3-8H,1-2H3,(H2,19,24)(H,23,27);3-9H,2H2,1H3,(H2,19,24)(H,23,27);2-7H,1H3,(H2,19,24)(H,23,27). The van der Waals surface area contributed by atoms with Crippen LogP contribution in [0.5, 0.6) is 5.75 Å². The molecule has 686 valence electrons. The molecule has 20 heterocycles. The first-order chi connectivity index (χ1) is 65.4. The van der Waals surface area contributed by atoms with Crippen molar-refractivity contribution >= 4 is 115 Å². The number of nitrogens with zero attached hydrogens (tertiary/aromatic N) is 30. The van der Waals surface area contributed by atoms with Gasteiger partial charge in [0, 0.05) is 70.0 Å². The van der Waals surface area contributed by atoms with Crippen molar-refractivity contribution in [2.75, 3.05) is 62.4 Å². The first kappa shape index (κ1) is 90.0. The SMILES string of the molecule is CCn1cncc1-c1ccncc1NC(=O)c1c(N)nn2cc(F)cnc12.COc1cncc(NC(=O)c2c(N)nn3cc(F)cnc23)c1-c1cncn1C.Cc1ncc(-c2ccncc2NC(=O)c2c(N)nn3cc(F)cnc23)n1C.Cc1ncn(C)c1-c1ccncc1NC(=O)c1c(N)nn2cc(F)cnc12.Cn1cncc1-c1c(F)cncc1NC(=O)c1c(N)nn2cc(F)cnc12. The summed E-state index contributed by atoms with van der Waals surface area (Å²) < 4.78 is 101. The van der Waals surface area contributed by atoms with Gasteiger partial charge in [-0.1, -0.05) is 0 Å². The largest absolute Gasteiger partial charge is 0.494 e. The zero-order valence-electron chi connectivity index (χ0n) is 72.1. The van der Waals surface area contributed by atoms with E-state index in [0.29, 0.717) is 45.5 Å². The van der Waals surface area contributed by atoms with Crippen molar-refractivity contribution in [1.29, 1.82) is 0 Å². The van der Waals surface area contributed by atoms with Gasteiger partial charge >= 0.3 is 0 Å². The molecule has 0 fully saturated rings. The number of imidazole rings is 5. The highest BCUT2D eigenvalue weighted by molar-refractivity contribution is 6.16. The Morgan fingerprint density at radius 3 is 1.04 bits per heavy atom. The van der Waals surface area contributed by atoms with E-state index in [0.717, 1.165) is 143 Å². The first-order valence-electron chi connectivity index (χ1n) is 39.9. The fourth-order valence-electron chi connectivity index (χ4n) is 14.2. The minimum atomic E-state index is -0.683. The summed E-state index contributed by atoms with van der Waals surface area (Å²) in [6, 6.07) is 5.34. The summed E-state index contributed by atoms with van der Waals surface area (Å²) in [5.41, 5.74) is 39.4. The molecular weight excluding hydrogens is 1780 g/mol. The van der Waals surface area contributed by atoms with E-state index in [9.17, 15) is 50.3 Å². The van der Waals surface area contributed by atoms with E-state index in [1.807, 2.05) is 55.6 Å². The van der Waals surface area contributed by atoms with Crippen molar-refractivity contribution < 1.29 is 55.1 Å². The van der Waals surface area contributed by atoms with Crippen LogP contribution in [0, 0.1) is 48.8 Å². The van der Waals surface area contributed by atoms with Crippen LogP contribution in [-0.2, 0) is 34.7 Å². The van der Waals surface area contributed by atoms with Crippen LogP contribution >= 0.6 is 0 Å². The van der Waals surface area contributed by atoms with E-state index in [1.54, 1.807) is 90.5 Å². The van der Waals surface area contributed by atoms with Crippen molar-refractivity contribution in [2.45, 2.75) is 27.3 Å². The van der Waals surface area contributed by atoms with Crippen LogP contribution in [0.1, 0.15) is 70.2 Å². The van der Waals surface area contributed by atoms with Gasteiger partial charge in [0.1, 0.15) is 39.4 Å². The van der Waals surface area contributed by atoms with Crippen LogP contribution < -0.4 is 60.0 Å². The highest BCUT2D eigenvalue weighted by atomic mass is 19.1. The molecule has 20 aromatic rings. The molecule has 0 atom stereocenters. The smallest absolute Gasteiger partial charge is 0.263 e. The molecule has 0 radical (unpaired) electrons. The molecule has 20 aromatic heterocycles. The summed E-state index contributed by atoms with van der Waals surface area (Å²) in [7, 11) is 8.75. The summed E-state index contributed by atoms with van der Waals surface area (Å²) in [6.07, 6.45) is 38.3. The van der Waals surface area contributed by atoms with E-state index in [-0.39, 0.29) is 96.4 Å². The molecule has 0 aliphatic carbocycles. The lowest BCUT2D eigenvalue weighted by Crippen LogP contribution is -2.15. The summed E-state index contributed by atoms with van der Waals surface area (Å²) in [5, 5.41) is 33.3. The lowest BCUT2D eigenvalue weighted by atomic mass is 10.1. The van der Waals surface area contributed by atoms with Crippen molar-refractivity contribution in [3.63, 3.8) is 0 Å². The van der Waals surface area contributed by atoms with Gasteiger partial charge in [0.05, 0.1) is 236 Å². The normalized spacial score (nSPS) is 11.0. The Labute approximate surface area is 759 Å². The fraction of sp³-hybridized carbons (Fsp3) is 0.107. The van der Waals surface area contributed by atoms with Gasteiger partial charge in [0.25, 0.3) is 29.5 Å². The number of hydrogen-bond donors (Lipinski definition) is 10. The molecule has 0 aliphatic rings. The number of halogens is 6. The molecule has 0 aliphatic heterocycles. The average Bonchev–Trinajstić information content (AvgIpc) is 1.66. The van der Waals surface area contributed by atoms with Crippen LogP contribution in [0.2, 0.25) is 0 Å². The Kier molecular flexibility index (Phi) is 25.0. The number of pyridine rings is 5. The van der Waals surface area contributed by atoms with Gasteiger partial charge in [0.2, 0.25) is 0 Å². The quantitative estimate of drug-likeness (QED) is 0.0381. The van der Waals surface area contributed by atoms with Gasteiger partial charge in [-0.3, -0.25) is 48.9 Å². The Morgan fingerprint density at radius 2 is 0.691 bits per heavy atom. The number of rotatable bonds is 17. The summed E-state index contributed by atoms with van der Waals surface area (Å²) >= 11 is 0. The number of nitrogens with one attached hydrogen (secondary N) is 5. The fourth-order valence-corrected chi connectivity index (χ4v) is 14.2. The zero-order chi connectivity index (χ0) is 96.2. The third-order valence-corrected chi connectivity index (χ3v) is 20.6. The highest BCUT2D eigenvalue weighted by Gasteiger charge is 2.30. The second-order valence-corrected chi connectivity index (χ2v) is 29.2. The van der Waals surface area contributed by atoms with Crippen molar-refractivity contribution in [2.24, 2.45) is 28.2 Å². The molecule has 0 spiro atoms. The maximum atomic E-state index is 14.4. The van der Waals surface area contributed by atoms with E-state index in [2.05, 4.69) is 127 Å². The molecule has 5 amide bonds. The number of nitrogens with two attached hydrogens (primary N) is 5. The second-order valence-electron chi connectivity index (χ2n) is 29.2. The Bertz CT molecular complexity index is 8020. The van der Waals surface area contributed by atoms with Gasteiger partial charge in [-0.05, 0) is 39.0 Å². The predicted octanol–water partition coefficient (Wildman–Crippen LogP) is 8.74. The maximum absolute atomic E-state index is 14.4. The molecule has 0 aromatic carbocycles. The van der Waals surface area contributed by atoms with E-state index in [4.69, 9.17) is 33.4 Å². The Hall–Kier alpha value is -19.4. The number of aromatic nitrogens is 30. The van der Waals surface area contributed by atoms with Crippen LogP contribution in [0.25, 0.3) is 84.5 Å². The number of ether oxygens (including phenoxy) is 1. The lowest BCUT2D eigenvalue weighted by Gasteiger charge is -2.14. The summed E-state index contributed by atoms with van der Waals surface area (Å²) in [5.74, 6) is -5.50.